The van der Waals surface area contributed by atoms with Crippen molar-refractivity contribution in [1.29, 1.82) is 0 Å². The summed E-state index contributed by atoms with van der Waals surface area (Å²) in [6.45, 7) is 2.60. The molecular formula is C16H16N2O2S. The molecule has 0 unspecified atom stereocenters. The van der Waals surface area contributed by atoms with E-state index in [4.69, 9.17) is 0 Å². The van der Waals surface area contributed by atoms with Crippen LogP contribution in [0, 0.1) is 0 Å². The standard InChI is InChI=1S/C16H16N2O2S/c1-3-12-5-7-14(21-12)15(19)10-4-6-13-11(8-10)9-18(2)16(20)17-13/h4-8H,3,9H2,1-2H3,(H,17,20). The fourth-order valence-corrected chi connectivity index (χ4v) is 3.27. The predicted octanol–water partition coefficient (Wildman–Crippen LogP) is 3.52. The summed E-state index contributed by atoms with van der Waals surface area (Å²) in [5.74, 6) is 0.0436. The molecule has 1 aromatic heterocycles. The molecule has 0 aliphatic carbocycles. The molecule has 2 aromatic rings. The van der Waals surface area contributed by atoms with Gasteiger partial charge >= 0.3 is 6.03 Å². The molecule has 21 heavy (non-hydrogen) atoms. The monoisotopic (exact) mass is 300 g/mol. The number of nitrogens with zero attached hydrogens (tertiary/aromatic N) is 1. The number of rotatable bonds is 3. The topological polar surface area (TPSA) is 49.4 Å². The van der Waals surface area contributed by atoms with Gasteiger partial charge in [0, 0.05) is 29.7 Å². The number of hydrogen-bond donors (Lipinski definition) is 1. The van der Waals surface area contributed by atoms with E-state index in [1.54, 1.807) is 29.4 Å². The van der Waals surface area contributed by atoms with E-state index in [0.717, 1.165) is 22.5 Å². The maximum atomic E-state index is 12.5. The Morgan fingerprint density at radius 2 is 2.14 bits per heavy atom. The van der Waals surface area contributed by atoms with Crippen LogP contribution in [0.1, 0.15) is 32.6 Å². The number of carbonyl (C=O) groups is 2. The Kier molecular flexibility index (Phi) is 3.51. The molecular weight excluding hydrogens is 284 g/mol. The van der Waals surface area contributed by atoms with Crippen LogP contribution in [0.4, 0.5) is 10.5 Å². The second kappa shape index (κ2) is 5.33. The first-order chi connectivity index (χ1) is 10.1. The van der Waals surface area contributed by atoms with Gasteiger partial charge in [0.05, 0.1) is 4.88 Å². The molecule has 0 radical (unpaired) electrons. The minimum atomic E-state index is -0.118. The van der Waals surface area contributed by atoms with Crippen LogP contribution in [0.25, 0.3) is 0 Å². The molecule has 1 aromatic carbocycles. The fraction of sp³-hybridized carbons (Fsp3) is 0.250. The summed E-state index contributed by atoms with van der Waals surface area (Å²) in [7, 11) is 1.74. The van der Waals surface area contributed by atoms with Gasteiger partial charge in [0.2, 0.25) is 5.78 Å². The van der Waals surface area contributed by atoms with Crippen LogP contribution in [-0.4, -0.2) is 23.8 Å². The van der Waals surface area contributed by atoms with E-state index in [-0.39, 0.29) is 11.8 Å². The van der Waals surface area contributed by atoms with Crippen molar-refractivity contribution < 1.29 is 9.59 Å². The van der Waals surface area contributed by atoms with Crippen LogP contribution < -0.4 is 5.32 Å². The maximum Gasteiger partial charge on any atom is 0.321 e. The normalized spacial score (nSPS) is 13.8. The predicted molar refractivity (Wildman–Crippen MR) is 84.1 cm³/mol. The number of fused-ring (bicyclic) bond motifs is 1. The van der Waals surface area contributed by atoms with Crippen molar-refractivity contribution in [3.63, 3.8) is 0 Å². The number of benzene rings is 1. The number of amides is 2. The van der Waals surface area contributed by atoms with Crippen molar-refractivity contribution in [2.24, 2.45) is 0 Å². The first kappa shape index (κ1) is 13.8. The number of urea groups is 1. The Labute approximate surface area is 127 Å². The van der Waals surface area contributed by atoms with Crippen LogP contribution in [0.5, 0.6) is 0 Å². The van der Waals surface area contributed by atoms with Gasteiger partial charge in [-0.2, -0.15) is 0 Å². The van der Waals surface area contributed by atoms with Gasteiger partial charge in [-0.1, -0.05) is 6.92 Å². The molecule has 5 heteroatoms. The van der Waals surface area contributed by atoms with E-state index in [2.05, 4.69) is 12.2 Å². The van der Waals surface area contributed by atoms with Crippen LogP contribution >= 0.6 is 11.3 Å². The largest absolute Gasteiger partial charge is 0.323 e. The Bertz CT molecular complexity index is 721. The van der Waals surface area contributed by atoms with E-state index in [0.29, 0.717) is 12.1 Å². The van der Waals surface area contributed by atoms with Crippen molar-refractivity contribution in [3.8, 4) is 0 Å². The molecule has 1 N–H and O–H groups in total. The molecule has 0 atom stereocenters. The quantitative estimate of drug-likeness (QED) is 0.882. The molecule has 2 amide bonds. The van der Waals surface area contributed by atoms with Crippen molar-refractivity contribution in [3.05, 3.63) is 51.2 Å². The van der Waals surface area contributed by atoms with Crippen molar-refractivity contribution in [2.45, 2.75) is 19.9 Å². The molecule has 4 nitrogen and oxygen atoms in total. The number of hydrogen-bond acceptors (Lipinski definition) is 3. The van der Waals surface area contributed by atoms with Gasteiger partial charge in [-0.25, -0.2) is 4.79 Å². The van der Waals surface area contributed by atoms with Gasteiger partial charge in [0.15, 0.2) is 0 Å². The van der Waals surface area contributed by atoms with Crippen LogP contribution in [0.2, 0.25) is 0 Å². The smallest absolute Gasteiger partial charge is 0.321 e. The lowest BCUT2D eigenvalue weighted by molar-refractivity contribution is 0.104. The summed E-state index contributed by atoms with van der Waals surface area (Å²) < 4.78 is 0. The van der Waals surface area contributed by atoms with Crippen LogP contribution in [0.15, 0.2) is 30.3 Å². The highest BCUT2D eigenvalue weighted by Gasteiger charge is 2.21. The average molecular weight is 300 g/mol. The van der Waals surface area contributed by atoms with Crippen molar-refractivity contribution in [2.75, 3.05) is 12.4 Å². The van der Waals surface area contributed by atoms with E-state index < -0.39 is 0 Å². The Morgan fingerprint density at radius 3 is 2.86 bits per heavy atom. The van der Waals surface area contributed by atoms with E-state index in [1.807, 2.05) is 24.3 Å². The lowest BCUT2D eigenvalue weighted by atomic mass is 10.0. The number of nitrogens with one attached hydrogen (secondary N) is 1. The Balaban J connectivity index is 1.91. The van der Waals surface area contributed by atoms with Crippen LogP contribution in [0.3, 0.4) is 0 Å². The van der Waals surface area contributed by atoms with Gasteiger partial charge in [0.25, 0.3) is 0 Å². The van der Waals surface area contributed by atoms with Gasteiger partial charge in [-0.3, -0.25) is 4.79 Å². The summed E-state index contributed by atoms with van der Waals surface area (Å²) in [6.07, 6.45) is 0.943. The zero-order chi connectivity index (χ0) is 15.0. The van der Waals surface area contributed by atoms with Crippen LogP contribution in [-0.2, 0) is 13.0 Å². The molecule has 0 spiro atoms. The summed E-state index contributed by atoms with van der Waals surface area (Å²) in [5, 5.41) is 2.81. The molecule has 3 rings (SSSR count). The van der Waals surface area contributed by atoms with E-state index >= 15 is 0 Å². The first-order valence-electron chi connectivity index (χ1n) is 6.87. The molecule has 108 valence electrons. The third kappa shape index (κ3) is 2.56. The third-order valence-electron chi connectivity index (χ3n) is 3.60. The maximum absolute atomic E-state index is 12.5. The SMILES string of the molecule is CCc1ccc(C(=O)c2ccc3c(c2)CN(C)C(=O)N3)s1. The zero-order valence-corrected chi connectivity index (χ0v) is 12.8. The van der Waals surface area contributed by atoms with Gasteiger partial charge in [-0.05, 0) is 42.3 Å². The van der Waals surface area contributed by atoms with Crippen molar-refractivity contribution >= 4 is 28.8 Å². The highest BCUT2D eigenvalue weighted by molar-refractivity contribution is 7.14. The first-order valence-corrected chi connectivity index (χ1v) is 7.68. The number of ketones is 1. The Morgan fingerprint density at radius 1 is 1.33 bits per heavy atom. The number of carbonyl (C=O) groups excluding carboxylic acids is 2. The molecule has 1 aliphatic rings. The minimum absolute atomic E-state index is 0.0436. The van der Waals surface area contributed by atoms with Crippen molar-refractivity contribution in [1.82, 2.24) is 4.90 Å². The molecule has 0 bridgehead atoms. The molecule has 0 saturated heterocycles. The van der Waals surface area contributed by atoms with Gasteiger partial charge in [0.1, 0.15) is 0 Å². The number of anilines is 1. The fourth-order valence-electron chi connectivity index (χ4n) is 2.36. The highest BCUT2D eigenvalue weighted by Crippen LogP contribution is 2.26. The number of aryl methyl sites for hydroxylation is 1. The second-order valence-electron chi connectivity index (χ2n) is 5.11. The van der Waals surface area contributed by atoms with E-state index in [1.165, 1.54) is 4.88 Å². The highest BCUT2D eigenvalue weighted by atomic mass is 32.1. The summed E-state index contributed by atoms with van der Waals surface area (Å²) in [4.78, 5) is 27.7. The lowest BCUT2D eigenvalue weighted by Crippen LogP contribution is -2.35. The minimum Gasteiger partial charge on any atom is -0.323 e. The lowest BCUT2D eigenvalue weighted by Gasteiger charge is -2.26. The summed E-state index contributed by atoms with van der Waals surface area (Å²) in [6, 6.07) is 9.23. The van der Waals surface area contributed by atoms with Gasteiger partial charge in [-0.15, -0.1) is 11.3 Å². The summed E-state index contributed by atoms with van der Waals surface area (Å²) >= 11 is 1.54. The third-order valence-corrected chi connectivity index (χ3v) is 4.83. The summed E-state index contributed by atoms with van der Waals surface area (Å²) in [5.41, 5.74) is 2.42. The second-order valence-corrected chi connectivity index (χ2v) is 6.28. The number of thiophene rings is 1. The molecule has 1 aliphatic heterocycles. The van der Waals surface area contributed by atoms with E-state index in [9.17, 15) is 9.59 Å². The Hall–Kier alpha value is -2.14. The van der Waals surface area contributed by atoms with Gasteiger partial charge < -0.3 is 10.2 Å². The molecule has 0 saturated carbocycles. The average Bonchev–Trinajstić information content (AvgIpc) is 2.96. The molecule has 0 fully saturated rings. The zero-order valence-electron chi connectivity index (χ0n) is 12.0. The molecule has 2 heterocycles.